The molecule has 1 aliphatic carbocycles. The number of aromatic nitrogens is 1. The predicted molar refractivity (Wildman–Crippen MR) is 141 cm³/mol. The van der Waals surface area contributed by atoms with Crippen LogP contribution in [0, 0.1) is 19.8 Å². The molecule has 0 amide bonds. The standard InChI is InChI=1S/C30H31N3O/c1-19-14-20(2)16-24(15-19)23-8-11-28-26(17-23)29(27(18-32-28)30(34)22-6-7-22)33-25-9-4-21(5-10-25)12-13-31-3/h4-5,8-11,14-18,22,31H,6-7,12-13H2,1-3H3,(H,32,33). The molecule has 4 aromatic rings. The van der Waals surface area contributed by atoms with E-state index in [1.54, 1.807) is 6.20 Å². The van der Waals surface area contributed by atoms with Crippen LogP contribution in [0.2, 0.25) is 0 Å². The zero-order valence-electron chi connectivity index (χ0n) is 20.1. The largest absolute Gasteiger partial charge is 0.354 e. The van der Waals surface area contributed by atoms with Crippen molar-refractivity contribution in [2.24, 2.45) is 5.92 Å². The Balaban J connectivity index is 1.60. The summed E-state index contributed by atoms with van der Waals surface area (Å²) in [4.78, 5) is 17.9. The summed E-state index contributed by atoms with van der Waals surface area (Å²) in [5, 5.41) is 7.75. The molecule has 1 saturated carbocycles. The maximum absolute atomic E-state index is 13.2. The summed E-state index contributed by atoms with van der Waals surface area (Å²) < 4.78 is 0. The summed E-state index contributed by atoms with van der Waals surface area (Å²) >= 11 is 0. The van der Waals surface area contributed by atoms with Gasteiger partial charge in [0.05, 0.1) is 16.8 Å². The molecule has 0 aliphatic heterocycles. The number of carbonyl (C=O) groups excluding carboxylic acids is 1. The van der Waals surface area contributed by atoms with Gasteiger partial charge in [-0.1, -0.05) is 47.5 Å². The highest BCUT2D eigenvalue weighted by atomic mass is 16.1. The lowest BCUT2D eigenvalue weighted by Gasteiger charge is -2.16. The van der Waals surface area contributed by atoms with E-state index in [2.05, 4.69) is 90.1 Å². The lowest BCUT2D eigenvalue weighted by molar-refractivity contribution is 0.0968. The van der Waals surface area contributed by atoms with Crippen molar-refractivity contribution in [2.45, 2.75) is 33.1 Å². The Labute approximate surface area is 201 Å². The van der Waals surface area contributed by atoms with Gasteiger partial charge in [0.2, 0.25) is 0 Å². The van der Waals surface area contributed by atoms with Crippen LogP contribution in [-0.4, -0.2) is 24.4 Å². The molecule has 2 N–H and O–H groups in total. The summed E-state index contributed by atoms with van der Waals surface area (Å²) in [7, 11) is 1.97. The molecule has 0 saturated heterocycles. The van der Waals surface area contributed by atoms with E-state index in [0.717, 1.165) is 53.6 Å². The Kier molecular flexibility index (Phi) is 6.16. The number of anilines is 2. The molecule has 0 bridgehead atoms. The first kappa shape index (κ1) is 22.3. The van der Waals surface area contributed by atoms with Gasteiger partial charge in [-0.15, -0.1) is 0 Å². The van der Waals surface area contributed by atoms with Crippen molar-refractivity contribution in [3.8, 4) is 11.1 Å². The van der Waals surface area contributed by atoms with Crippen LogP contribution >= 0.6 is 0 Å². The molecule has 172 valence electrons. The molecule has 3 aromatic carbocycles. The Morgan fingerprint density at radius 3 is 2.35 bits per heavy atom. The van der Waals surface area contributed by atoms with Crippen LogP contribution in [0.3, 0.4) is 0 Å². The Bertz CT molecular complexity index is 1330. The maximum atomic E-state index is 13.2. The van der Waals surface area contributed by atoms with Crippen molar-refractivity contribution in [1.29, 1.82) is 0 Å². The van der Waals surface area contributed by atoms with Crippen molar-refractivity contribution in [1.82, 2.24) is 10.3 Å². The molecule has 5 rings (SSSR count). The minimum atomic E-state index is 0.131. The first-order valence-corrected chi connectivity index (χ1v) is 12.1. The Hall–Kier alpha value is -3.50. The first-order valence-electron chi connectivity index (χ1n) is 12.1. The van der Waals surface area contributed by atoms with Crippen LogP contribution in [0.15, 0.2) is 66.9 Å². The fraction of sp³-hybridized carbons (Fsp3) is 0.267. The normalized spacial score (nSPS) is 13.3. The number of hydrogen-bond acceptors (Lipinski definition) is 4. The maximum Gasteiger partial charge on any atom is 0.169 e. The molecule has 4 nitrogen and oxygen atoms in total. The second-order valence-electron chi connectivity index (χ2n) is 9.47. The molecule has 0 radical (unpaired) electrons. The second kappa shape index (κ2) is 9.40. The minimum Gasteiger partial charge on any atom is -0.354 e. The molecule has 1 heterocycles. The van der Waals surface area contributed by atoms with Crippen LogP contribution in [0.25, 0.3) is 22.0 Å². The summed E-state index contributed by atoms with van der Waals surface area (Å²) in [5.41, 5.74) is 9.47. The third-order valence-corrected chi connectivity index (χ3v) is 6.52. The van der Waals surface area contributed by atoms with Crippen LogP contribution < -0.4 is 10.6 Å². The van der Waals surface area contributed by atoms with Gasteiger partial charge in [-0.05, 0) is 87.7 Å². The number of aryl methyl sites for hydroxylation is 2. The summed E-state index contributed by atoms with van der Waals surface area (Å²) in [6.07, 6.45) is 4.68. The van der Waals surface area contributed by atoms with Gasteiger partial charge in [0.1, 0.15) is 0 Å². The fourth-order valence-corrected chi connectivity index (χ4v) is 4.57. The lowest BCUT2D eigenvalue weighted by Crippen LogP contribution is -2.10. The lowest BCUT2D eigenvalue weighted by atomic mass is 9.97. The zero-order chi connectivity index (χ0) is 23.7. The number of rotatable bonds is 8. The van der Waals surface area contributed by atoms with Crippen molar-refractivity contribution in [2.75, 3.05) is 18.9 Å². The summed E-state index contributed by atoms with van der Waals surface area (Å²) in [6, 6.07) is 21.4. The molecule has 34 heavy (non-hydrogen) atoms. The van der Waals surface area contributed by atoms with Crippen molar-refractivity contribution in [3.63, 3.8) is 0 Å². The molecular weight excluding hydrogens is 418 g/mol. The van der Waals surface area contributed by atoms with Gasteiger partial charge in [-0.3, -0.25) is 9.78 Å². The number of likely N-dealkylation sites (N-methyl/N-ethyl adjacent to an activating group) is 1. The second-order valence-corrected chi connectivity index (χ2v) is 9.47. The number of carbonyl (C=O) groups is 1. The summed E-state index contributed by atoms with van der Waals surface area (Å²) in [5.74, 6) is 0.325. The third-order valence-electron chi connectivity index (χ3n) is 6.52. The first-order chi connectivity index (χ1) is 16.5. The topological polar surface area (TPSA) is 54.0 Å². The SMILES string of the molecule is CNCCc1ccc(Nc2c(C(=O)C3CC3)cnc3ccc(-c4cc(C)cc(C)c4)cc23)cc1. The van der Waals surface area contributed by atoms with E-state index >= 15 is 0 Å². The number of benzene rings is 3. The number of fused-ring (bicyclic) bond motifs is 1. The number of hydrogen-bond donors (Lipinski definition) is 2. The number of ketones is 1. The molecule has 0 unspecified atom stereocenters. The average molecular weight is 450 g/mol. The molecule has 0 atom stereocenters. The molecule has 4 heteroatoms. The highest BCUT2D eigenvalue weighted by Gasteiger charge is 2.32. The monoisotopic (exact) mass is 449 g/mol. The van der Waals surface area contributed by atoms with E-state index in [1.165, 1.54) is 22.3 Å². The smallest absolute Gasteiger partial charge is 0.169 e. The zero-order valence-corrected chi connectivity index (χ0v) is 20.1. The van der Waals surface area contributed by atoms with Crippen LogP contribution in [0.5, 0.6) is 0 Å². The summed E-state index contributed by atoms with van der Waals surface area (Å²) in [6.45, 7) is 5.19. The van der Waals surface area contributed by atoms with E-state index in [0.29, 0.717) is 5.56 Å². The van der Waals surface area contributed by atoms with Gasteiger partial charge in [-0.2, -0.15) is 0 Å². The highest BCUT2D eigenvalue weighted by Crippen LogP contribution is 2.38. The highest BCUT2D eigenvalue weighted by molar-refractivity contribution is 6.11. The van der Waals surface area contributed by atoms with Crippen molar-refractivity contribution in [3.05, 3.63) is 89.1 Å². The number of Topliss-reactive ketones (excluding diaryl/α,β-unsaturated/α-hetero) is 1. The minimum absolute atomic E-state index is 0.131. The van der Waals surface area contributed by atoms with E-state index in [9.17, 15) is 4.79 Å². The third kappa shape index (κ3) is 4.73. The van der Waals surface area contributed by atoms with Crippen LogP contribution in [-0.2, 0) is 6.42 Å². The van der Waals surface area contributed by atoms with Gasteiger partial charge in [0, 0.05) is 23.2 Å². The Morgan fingerprint density at radius 1 is 0.941 bits per heavy atom. The van der Waals surface area contributed by atoms with Gasteiger partial charge in [-0.25, -0.2) is 0 Å². The predicted octanol–water partition coefficient (Wildman–Crippen LogP) is 6.62. The average Bonchev–Trinajstić information content (AvgIpc) is 3.68. The van der Waals surface area contributed by atoms with Crippen LogP contribution in [0.4, 0.5) is 11.4 Å². The molecule has 1 fully saturated rings. The van der Waals surface area contributed by atoms with Crippen molar-refractivity contribution >= 4 is 28.1 Å². The number of nitrogens with zero attached hydrogens (tertiary/aromatic N) is 1. The van der Waals surface area contributed by atoms with E-state index in [4.69, 9.17) is 0 Å². The van der Waals surface area contributed by atoms with E-state index in [1.807, 2.05) is 7.05 Å². The fourth-order valence-electron chi connectivity index (χ4n) is 4.57. The van der Waals surface area contributed by atoms with Gasteiger partial charge in [0.25, 0.3) is 0 Å². The molecule has 0 spiro atoms. The molecular formula is C30H31N3O. The van der Waals surface area contributed by atoms with Gasteiger partial charge in [0.15, 0.2) is 5.78 Å². The van der Waals surface area contributed by atoms with E-state index < -0.39 is 0 Å². The molecule has 1 aliphatic rings. The number of pyridine rings is 1. The van der Waals surface area contributed by atoms with Crippen LogP contribution in [0.1, 0.15) is 39.9 Å². The Morgan fingerprint density at radius 2 is 1.68 bits per heavy atom. The molecule has 1 aromatic heterocycles. The van der Waals surface area contributed by atoms with Gasteiger partial charge < -0.3 is 10.6 Å². The quantitative estimate of drug-likeness (QED) is 0.297. The van der Waals surface area contributed by atoms with E-state index in [-0.39, 0.29) is 11.7 Å². The van der Waals surface area contributed by atoms with Gasteiger partial charge >= 0.3 is 0 Å². The van der Waals surface area contributed by atoms with Crippen molar-refractivity contribution < 1.29 is 4.79 Å². The number of nitrogens with one attached hydrogen (secondary N) is 2.